The Morgan fingerprint density at radius 3 is 2.29 bits per heavy atom. The maximum Gasteiger partial charge on any atom is 0.499 e. The van der Waals surface area contributed by atoms with Crippen LogP contribution < -0.4 is 0 Å². The van der Waals surface area contributed by atoms with Gasteiger partial charge in [0.25, 0.3) is 10.0 Å². The second-order valence-electron chi connectivity index (χ2n) is 2.12. The summed E-state index contributed by atoms with van der Waals surface area (Å²) in [6, 6.07) is 0. The Morgan fingerprint density at radius 1 is 1.36 bits per heavy atom. The largest absolute Gasteiger partial charge is 0.499 e. The van der Waals surface area contributed by atoms with Gasteiger partial charge < -0.3 is 9.82 Å². The van der Waals surface area contributed by atoms with E-state index in [0.717, 1.165) is 0 Å². The second-order valence-corrected chi connectivity index (χ2v) is 4.87. The zero-order valence-electron chi connectivity index (χ0n) is 6.61. The van der Waals surface area contributed by atoms with Crippen LogP contribution in [0.25, 0.3) is 4.72 Å². The van der Waals surface area contributed by atoms with Crippen LogP contribution in [0.3, 0.4) is 0 Å². The summed E-state index contributed by atoms with van der Waals surface area (Å²) in [5, 5.41) is 6.27. The van der Waals surface area contributed by atoms with Crippen molar-refractivity contribution < 1.29 is 21.6 Å². The number of nitrogens with zero attached hydrogens (tertiary/aromatic N) is 3. The summed E-state index contributed by atoms with van der Waals surface area (Å²) in [5.41, 5.74) is -5.40. The summed E-state index contributed by atoms with van der Waals surface area (Å²) >= 11 is 0.663. The summed E-state index contributed by atoms with van der Waals surface area (Å²) in [6.07, 6.45) is 0. The maximum absolute atomic E-state index is 11.8. The molecular weight excluding hydrogens is 243 g/mol. The summed E-state index contributed by atoms with van der Waals surface area (Å²) in [6.45, 7) is 1.47. The minimum absolute atomic E-state index is 0.334. The van der Waals surface area contributed by atoms with Crippen molar-refractivity contribution in [3.63, 3.8) is 0 Å². The molecule has 0 saturated carbocycles. The van der Waals surface area contributed by atoms with Crippen molar-refractivity contribution in [3.05, 3.63) is 9.73 Å². The summed E-state index contributed by atoms with van der Waals surface area (Å²) in [4.78, 5) is 0. The first-order chi connectivity index (χ1) is 6.22. The molecule has 5 nitrogen and oxygen atoms in total. The average molecular weight is 246 g/mol. The van der Waals surface area contributed by atoms with Crippen LogP contribution in [-0.4, -0.2) is 24.1 Å². The fraction of sp³-hybridized carbons (Fsp3) is 0.500. The number of aromatic nitrogens is 2. The molecule has 0 aromatic carbocycles. The van der Waals surface area contributed by atoms with Crippen molar-refractivity contribution in [2.45, 2.75) is 12.4 Å². The molecule has 0 spiro atoms. The predicted octanol–water partition coefficient (Wildman–Crippen LogP) is 1.70. The van der Waals surface area contributed by atoms with Gasteiger partial charge in [0.05, 0.1) is 5.01 Å². The predicted molar refractivity (Wildman–Crippen MR) is 42.6 cm³/mol. The van der Waals surface area contributed by atoms with Crippen LogP contribution >= 0.6 is 11.3 Å². The number of alkyl halides is 3. The van der Waals surface area contributed by atoms with E-state index >= 15 is 0 Å². The van der Waals surface area contributed by atoms with Gasteiger partial charge in [0.2, 0.25) is 0 Å². The van der Waals surface area contributed by atoms with Crippen molar-refractivity contribution in [1.82, 2.24) is 10.2 Å². The van der Waals surface area contributed by atoms with Gasteiger partial charge in [0.1, 0.15) is 0 Å². The van der Waals surface area contributed by atoms with Gasteiger partial charge in [-0.25, -0.2) is 8.42 Å². The molecular formula is C4H3F3N3O2S2-. The second kappa shape index (κ2) is 3.35. The van der Waals surface area contributed by atoms with E-state index in [-0.39, 0.29) is 0 Å². The Hall–Kier alpha value is -0.900. The minimum Gasteiger partial charge on any atom is -0.342 e. The first-order valence-electron chi connectivity index (χ1n) is 3.07. The molecule has 0 fully saturated rings. The molecule has 1 aromatic rings. The molecule has 80 valence electrons. The molecule has 1 heterocycles. The number of aryl methyl sites for hydroxylation is 1. The van der Waals surface area contributed by atoms with Crippen molar-refractivity contribution in [2.75, 3.05) is 0 Å². The van der Waals surface area contributed by atoms with Crippen molar-refractivity contribution in [3.8, 4) is 0 Å². The van der Waals surface area contributed by atoms with Crippen LogP contribution in [-0.2, 0) is 10.0 Å². The van der Waals surface area contributed by atoms with Crippen molar-refractivity contribution in [2.24, 2.45) is 0 Å². The molecule has 0 unspecified atom stereocenters. The summed E-state index contributed by atoms with van der Waals surface area (Å²) in [7, 11) is -5.50. The first-order valence-corrected chi connectivity index (χ1v) is 5.32. The number of hydrogen-bond donors (Lipinski definition) is 0. The molecule has 0 atom stereocenters. The molecule has 1 aromatic heterocycles. The molecule has 0 aliphatic rings. The van der Waals surface area contributed by atoms with Crippen LogP contribution in [0.5, 0.6) is 0 Å². The molecule has 14 heavy (non-hydrogen) atoms. The first kappa shape index (κ1) is 11.2. The van der Waals surface area contributed by atoms with E-state index in [4.69, 9.17) is 0 Å². The number of rotatable bonds is 2. The highest BCUT2D eigenvalue weighted by Crippen LogP contribution is 2.35. The Morgan fingerprint density at radius 2 is 1.93 bits per heavy atom. The van der Waals surface area contributed by atoms with E-state index in [1.165, 1.54) is 6.92 Å². The molecule has 0 amide bonds. The van der Waals surface area contributed by atoms with E-state index < -0.39 is 20.7 Å². The Balaban J connectivity index is 2.90. The quantitative estimate of drug-likeness (QED) is 0.796. The van der Waals surface area contributed by atoms with Crippen molar-refractivity contribution in [1.29, 1.82) is 0 Å². The third kappa shape index (κ3) is 2.32. The average Bonchev–Trinajstić information content (AvgIpc) is 2.31. The highest BCUT2D eigenvalue weighted by atomic mass is 32.2. The maximum atomic E-state index is 11.8. The van der Waals surface area contributed by atoms with E-state index in [9.17, 15) is 21.6 Å². The van der Waals surface area contributed by atoms with Gasteiger partial charge in [0, 0.05) is 5.13 Å². The van der Waals surface area contributed by atoms with E-state index in [0.29, 0.717) is 16.3 Å². The molecule has 0 N–H and O–H groups in total. The monoisotopic (exact) mass is 246 g/mol. The normalized spacial score (nSPS) is 12.9. The molecule has 0 aliphatic heterocycles. The standard InChI is InChI=1S/C4H3F3N3O2S2/c1-2-8-9-3(13-2)10-14(11,12)4(5,6)7/h1H3/q-1. The third-order valence-electron chi connectivity index (χ3n) is 1.01. The Kier molecular flexibility index (Phi) is 2.67. The lowest BCUT2D eigenvalue weighted by Crippen LogP contribution is -2.20. The van der Waals surface area contributed by atoms with Gasteiger partial charge in [-0.3, -0.25) is 5.10 Å². The molecule has 0 bridgehead atoms. The van der Waals surface area contributed by atoms with Crippen LogP contribution in [0.4, 0.5) is 18.3 Å². The SMILES string of the molecule is Cc1nnc([N-]S(=O)(=O)C(F)(F)F)s1. The highest BCUT2D eigenvalue weighted by molar-refractivity contribution is 7.95. The van der Waals surface area contributed by atoms with E-state index in [2.05, 4.69) is 14.9 Å². The minimum atomic E-state index is -5.50. The number of halogens is 3. The van der Waals surface area contributed by atoms with Crippen LogP contribution in [0.1, 0.15) is 5.01 Å². The fourth-order valence-electron chi connectivity index (χ4n) is 0.478. The van der Waals surface area contributed by atoms with E-state index in [1.807, 2.05) is 0 Å². The van der Waals surface area contributed by atoms with Crippen LogP contribution in [0.2, 0.25) is 0 Å². The molecule has 0 radical (unpaired) electrons. The lowest BCUT2D eigenvalue weighted by molar-refractivity contribution is -0.0425. The lowest BCUT2D eigenvalue weighted by atomic mass is 10.9. The van der Waals surface area contributed by atoms with Gasteiger partial charge in [-0.1, -0.05) is 0 Å². The lowest BCUT2D eigenvalue weighted by Gasteiger charge is -2.12. The highest BCUT2D eigenvalue weighted by Gasteiger charge is 2.43. The molecule has 1 rings (SSSR count). The van der Waals surface area contributed by atoms with Gasteiger partial charge in [-0.2, -0.15) is 13.2 Å². The fourth-order valence-corrected chi connectivity index (χ4v) is 1.69. The number of sulfonamides is 1. The number of hydrogen-bond acceptors (Lipinski definition) is 5. The summed E-state index contributed by atoms with van der Waals surface area (Å²) < 4.78 is 58.8. The zero-order valence-corrected chi connectivity index (χ0v) is 8.24. The van der Waals surface area contributed by atoms with Gasteiger partial charge in [-0.15, -0.1) is 11.3 Å². The zero-order chi connectivity index (χ0) is 11.0. The van der Waals surface area contributed by atoms with Crippen LogP contribution in [0.15, 0.2) is 0 Å². The van der Waals surface area contributed by atoms with Crippen LogP contribution in [0, 0.1) is 6.92 Å². The van der Waals surface area contributed by atoms with Gasteiger partial charge in [-0.05, 0) is 6.92 Å². The van der Waals surface area contributed by atoms with E-state index in [1.54, 1.807) is 0 Å². The van der Waals surface area contributed by atoms with Gasteiger partial charge >= 0.3 is 5.51 Å². The third-order valence-corrected chi connectivity index (χ3v) is 2.85. The Bertz CT molecular complexity index is 423. The smallest absolute Gasteiger partial charge is 0.342 e. The summed E-state index contributed by atoms with van der Waals surface area (Å²) in [5.74, 6) is 0. The van der Waals surface area contributed by atoms with Crippen molar-refractivity contribution >= 4 is 26.5 Å². The molecule has 10 heteroatoms. The van der Waals surface area contributed by atoms with Gasteiger partial charge in [0.15, 0.2) is 0 Å². The molecule has 0 saturated heterocycles. The Labute approximate surface area is 81.0 Å². The topological polar surface area (TPSA) is 74.0 Å². The molecule has 0 aliphatic carbocycles.